The first-order chi connectivity index (χ1) is 8.86. The smallest absolute Gasteiger partial charge is 0.0568 e. The molecule has 1 fully saturated rings. The molecule has 18 heavy (non-hydrogen) atoms. The van der Waals surface area contributed by atoms with E-state index in [0.29, 0.717) is 6.42 Å². The lowest BCUT2D eigenvalue weighted by Gasteiger charge is -2.05. The number of hydrogen-bond donors (Lipinski definition) is 1. The highest BCUT2D eigenvalue weighted by Gasteiger charge is 2.22. The van der Waals surface area contributed by atoms with E-state index in [9.17, 15) is 0 Å². The van der Waals surface area contributed by atoms with Crippen molar-refractivity contribution in [1.82, 2.24) is 9.78 Å². The van der Waals surface area contributed by atoms with Crippen LogP contribution in [0.5, 0.6) is 0 Å². The molecule has 1 heterocycles. The SMILES string of the molecule is OCCc1ccccc1-c1cnn(CC2CC2)c1. The Kier molecular flexibility index (Phi) is 3.15. The van der Waals surface area contributed by atoms with Gasteiger partial charge < -0.3 is 5.11 Å². The van der Waals surface area contributed by atoms with Crippen molar-refractivity contribution in [3.63, 3.8) is 0 Å². The fourth-order valence-electron chi connectivity index (χ4n) is 2.31. The van der Waals surface area contributed by atoms with Gasteiger partial charge in [-0.3, -0.25) is 4.68 Å². The van der Waals surface area contributed by atoms with Crippen molar-refractivity contribution in [2.24, 2.45) is 5.92 Å². The Labute approximate surface area is 107 Å². The third kappa shape index (κ3) is 2.46. The van der Waals surface area contributed by atoms with Crippen LogP contribution in [0.25, 0.3) is 11.1 Å². The minimum Gasteiger partial charge on any atom is -0.396 e. The normalized spacial score (nSPS) is 14.9. The molecule has 0 amide bonds. The maximum Gasteiger partial charge on any atom is 0.0568 e. The molecule has 3 rings (SSSR count). The van der Waals surface area contributed by atoms with Gasteiger partial charge in [0.2, 0.25) is 0 Å². The number of benzene rings is 1. The van der Waals surface area contributed by atoms with Gasteiger partial charge in [0.15, 0.2) is 0 Å². The first-order valence-corrected chi connectivity index (χ1v) is 6.58. The lowest BCUT2D eigenvalue weighted by Crippen LogP contribution is -1.99. The fourth-order valence-corrected chi connectivity index (χ4v) is 2.31. The first kappa shape index (κ1) is 11.5. The fraction of sp³-hybridized carbons (Fsp3) is 0.400. The van der Waals surface area contributed by atoms with Crippen molar-refractivity contribution >= 4 is 0 Å². The van der Waals surface area contributed by atoms with E-state index in [1.807, 2.05) is 23.0 Å². The third-order valence-corrected chi connectivity index (χ3v) is 3.48. The predicted molar refractivity (Wildman–Crippen MR) is 71.2 cm³/mol. The number of aromatic nitrogens is 2. The van der Waals surface area contributed by atoms with Gasteiger partial charge in [-0.15, -0.1) is 0 Å². The number of nitrogens with zero attached hydrogens (tertiary/aromatic N) is 2. The highest BCUT2D eigenvalue weighted by Crippen LogP contribution is 2.31. The number of aliphatic hydroxyl groups excluding tert-OH is 1. The Hall–Kier alpha value is -1.61. The van der Waals surface area contributed by atoms with Crippen LogP contribution >= 0.6 is 0 Å². The van der Waals surface area contributed by atoms with Gasteiger partial charge in [0.05, 0.1) is 6.20 Å². The first-order valence-electron chi connectivity index (χ1n) is 6.58. The average Bonchev–Trinajstić information content (AvgIpc) is 3.07. The van der Waals surface area contributed by atoms with Crippen LogP contribution < -0.4 is 0 Å². The van der Waals surface area contributed by atoms with Crippen LogP contribution in [0.3, 0.4) is 0 Å². The molecule has 1 saturated carbocycles. The van der Waals surface area contributed by atoms with E-state index in [4.69, 9.17) is 5.11 Å². The third-order valence-electron chi connectivity index (χ3n) is 3.48. The Morgan fingerprint density at radius 1 is 1.28 bits per heavy atom. The second-order valence-electron chi connectivity index (χ2n) is 5.03. The zero-order valence-electron chi connectivity index (χ0n) is 10.4. The summed E-state index contributed by atoms with van der Waals surface area (Å²) in [5, 5.41) is 13.5. The summed E-state index contributed by atoms with van der Waals surface area (Å²) in [6.45, 7) is 1.23. The quantitative estimate of drug-likeness (QED) is 0.874. The van der Waals surface area contributed by atoms with Crippen LogP contribution in [0.2, 0.25) is 0 Å². The van der Waals surface area contributed by atoms with Gasteiger partial charge in [-0.25, -0.2) is 0 Å². The van der Waals surface area contributed by atoms with Gasteiger partial charge in [-0.2, -0.15) is 5.10 Å². The monoisotopic (exact) mass is 242 g/mol. The van der Waals surface area contributed by atoms with Crippen molar-refractivity contribution in [3.8, 4) is 11.1 Å². The lowest BCUT2D eigenvalue weighted by molar-refractivity contribution is 0.300. The Balaban J connectivity index is 1.86. The van der Waals surface area contributed by atoms with Gasteiger partial charge in [-0.1, -0.05) is 24.3 Å². The van der Waals surface area contributed by atoms with Crippen LogP contribution in [0, 0.1) is 5.92 Å². The summed E-state index contributed by atoms with van der Waals surface area (Å²) < 4.78 is 2.04. The summed E-state index contributed by atoms with van der Waals surface area (Å²) in [7, 11) is 0. The van der Waals surface area contributed by atoms with Gasteiger partial charge in [0.25, 0.3) is 0 Å². The van der Waals surface area contributed by atoms with E-state index >= 15 is 0 Å². The van der Waals surface area contributed by atoms with Crippen LogP contribution in [-0.4, -0.2) is 21.5 Å². The van der Waals surface area contributed by atoms with Crippen molar-refractivity contribution < 1.29 is 5.11 Å². The molecule has 0 unspecified atom stereocenters. The molecule has 1 aliphatic carbocycles. The minimum atomic E-state index is 0.188. The molecular weight excluding hydrogens is 224 g/mol. The summed E-state index contributed by atoms with van der Waals surface area (Å²) in [6.07, 6.45) is 7.43. The molecule has 1 aromatic heterocycles. The van der Waals surface area contributed by atoms with Gasteiger partial charge in [0.1, 0.15) is 0 Å². The molecule has 0 radical (unpaired) electrons. The maximum atomic E-state index is 9.10. The molecule has 1 N–H and O–H groups in total. The summed E-state index contributed by atoms with van der Waals surface area (Å²) in [5.41, 5.74) is 3.53. The molecule has 0 saturated heterocycles. The zero-order valence-corrected chi connectivity index (χ0v) is 10.4. The number of rotatable bonds is 5. The molecule has 0 spiro atoms. The van der Waals surface area contributed by atoms with Crippen LogP contribution in [0.1, 0.15) is 18.4 Å². The van der Waals surface area contributed by atoms with E-state index < -0.39 is 0 Å². The Bertz CT molecular complexity index is 529. The van der Waals surface area contributed by atoms with E-state index in [0.717, 1.165) is 18.0 Å². The minimum absolute atomic E-state index is 0.188. The summed E-state index contributed by atoms with van der Waals surface area (Å²) in [6, 6.07) is 8.23. The van der Waals surface area contributed by atoms with E-state index in [-0.39, 0.29) is 6.61 Å². The van der Waals surface area contributed by atoms with Crippen molar-refractivity contribution in [1.29, 1.82) is 0 Å². The summed E-state index contributed by atoms with van der Waals surface area (Å²) in [4.78, 5) is 0. The summed E-state index contributed by atoms with van der Waals surface area (Å²) in [5.74, 6) is 0.838. The molecule has 0 atom stereocenters. The van der Waals surface area contributed by atoms with Gasteiger partial charge in [0, 0.05) is 24.9 Å². The van der Waals surface area contributed by atoms with Crippen LogP contribution in [0.15, 0.2) is 36.7 Å². The molecule has 3 heteroatoms. The van der Waals surface area contributed by atoms with Crippen molar-refractivity contribution in [3.05, 3.63) is 42.2 Å². The standard InChI is InChI=1S/C15H18N2O/c18-8-7-13-3-1-2-4-15(13)14-9-16-17(11-14)10-12-5-6-12/h1-4,9,11-12,18H,5-8,10H2. The topological polar surface area (TPSA) is 38.1 Å². The highest BCUT2D eigenvalue weighted by molar-refractivity contribution is 5.65. The maximum absolute atomic E-state index is 9.10. The molecule has 94 valence electrons. The Morgan fingerprint density at radius 3 is 2.89 bits per heavy atom. The second-order valence-corrected chi connectivity index (χ2v) is 5.03. The highest BCUT2D eigenvalue weighted by atomic mass is 16.2. The van der Waals surface area contributed by atoms with E-state index in [1.54, 1.807) is 0 Å². The molecule has 1 aliphatic rings. The van der Waals surface area contributed by atoms with Crippen LogP contribution in [-0.2, 0) is 13.0 Å². The molecule has 3 nitrogen and oxygen atoms in total. The molecule has 0 aliphatic heterocycles. The Morgan fingerprint density at radius 2 is 2.11 bits per heavy atom. The molecule has 0 bridgehead atoms. The van der Waals surface area contributed by atoms with Gasteiger partial charge in [-0.05, 0) is 36.3 Å². The van der Waals surface area contributed by atoms with E-state index in [2.05, 4.69) is 23.4 Å². The number of aliphatic hydroxyl groups is 1. The van der Waals surface area contributed by atoms with E-state index in [1.165, 1.54) is 24.0 Å². The molecular formula is C15H18N2O. The molecule has 2 aromatic rings. The largest absolute Gasteiger partial charge is 0.396 e. The predicted octanol–water partition coefficient (Wildman–Crippen LogP) is 2.49. The van der Waals surface area contributed by atoms with Crippen molar-refractivity contribution in [2.75, 3.05) is 6.61 Å². The zero-order chi connectivity index (χ0) is 12.4. The average molecular weight is 242 g/mol. The summed E-state index contributed by atoms with van der Waals surface area (Å²) >= 11 is 0. The number of hydrogen-bond acceptors (Lipinski definition) is 2. The van der Waals surface area contributed by atoms with Crippen LogP contribution in [0.4, 0.5) is 0 Å². The molecule has 1 aromatic carbocycles. The lowest BCUT2D eigenvalue weighted by atomic mass is 10.0. The van der Waals surface area contributed by atoms with Crippen molar-refractivity contribution in [2.45, 2.75) is 25.8 Å². The van der Waals surface area contributed by atoms with Gasteiger partial charge >= 0.3 is 0 Å². The second kappa shape index (κ2) is 4.94.